The van der Waals surface area contributed by atoms with Crippen LogP contribution < -0.4 is 0 Å². The summed E-state index contributed by atoms with van der Waals surface area (Å²) in [4.78, 5) is 8.63. The van der Waals surface area contributed by atoms with Crippen LogP contribution in [0.15, 0.2) is 30.5 Å². The summed E-state index contributed by atoms with van der Waals surface area (Å²) in [7, 11) is 0. The van der Waals surface area contributed by atoms with Gasteiger partial charge in [0.15, 0.2) is 0 Å². The van der Waals surface area contributed by atoms with Crippen LogP contribution in [0, 0.1) is 0 Å². The smallest absolute Gasteiger partial charge is 0.0889 e. The van der Waals surface area contributed by atoms with E-state index in [-0.39, 0.29) is 0 Å². The molecule has 0 saturated heterocycles. The van der Waals surface area contributed by atoms with E-state index in [0.29, 0.717) is 0 Å². The highest BCUT2D eigenvalue weighted by Gasteiger charge is 1.95. The Kier molecular flexibility index (Phi) is 1.74. The van der Waals surface area contributed by atoms with E-state index in [1.165, 1.54) is 0 Å². The maximum absolute atomic E-state index is 4.43. The lowest BCUT2D eigenvalue weighted by atomic mass is 10.2. The molecule has 2 heteroatoms. The molecule has 0 spiro atoms. The fourth-order valence-corrected chi connectivity index (χ4v) is 1.20. The van der Waals surface area contributed by atoms with Crippen molar-refractivity contribution in [2.24, 2.45) is 0 Å². The van der Waals surface area contributed by atoms with Gasteiger partial charge in [-0.25, -0.2) is 0 Å². The van der Waals surface area contributed by atoms with Crippen LogP contribution in [0.1, 0.15) is 12.6 Å². The SMILES string of the molecule is CCc1ccc2ncccc2n1. The topological polar surface area (TPSA) is 25.8 Å². The van der Waals surface area contributed by atoms with Crippen molar-refractivity contribution >= 4 is 11.0 Å². The van der Waals surface area contributed by atoms with E-state index in [0.717, 1.165) is 23.1 Å². The lowest BCUT2D eigenvalue weighted by molar-refractivity contribution is 1.05. The predicted octanol–water partition coefficient (Wildman–Crippen LogP) is 2.19. The molecule has 2 rings (SSSR count). The average Bonchev–Trinajstić information content (AvgIpc) is 2.17. The summed E-state index contributed by atoms with van der Waals surface area (Å²) in [5.41, 5.74) is 3.07. The Bertz CT molecular complexity index is 396. The predicted molar refractivity (Wildman–Crippen MR) is 48.9 cm³/mol. The van der Waals surface area contributed by atoms with E-state index in [1.54, 1.807) is 6.20 Å². The number of hydrogen-bond donors (Lipinski definition) is 0. The van der Waals surface area contributed by atoms with E-state index < -0.39 is 0 Å². The van der Waals surface area contributed by atoms with Crippen LogP contribution in [-0.2, 0) is 6.42 Å². The molecule has 0 atom stereocenters. The molecule has 0 bridgehead atoms. The summed E-state index contributed by atoms with van der Waals surface area (Å²) in [5.74, 6) is 0. The average molecular weight is 158 g/mol. The van der Waals surface area contributed by atoms with Crippen molar-refractivity contribution in [2.75, 3.05) is 0 Å². The molecule has 0 aromatic carbocycles. The Morgan fingerprint density at radius 2 is 2.08 bits per heavy atom. The number of pyridine rings is 2. The highest BCUT2D eigenvalue weighted by atomic mass is 14.7. The Morgan fingerprint density at radius 3 is 2.92 bits per heavy atom. The van der Waals surface area contributed by atoms with Gasteiger partial charge < -0.3 is 0 Å². The van der Waals surface area contributed by atoms with Gasteiger partial charge in [-0.2, -0.15) is 0 Å². The van der Waals surface area contributed by atoms with Gasteiger partial charge in [-0.15, -0.1) is 0 Å². The second kappa shape index (κ2) is 2.89. The van der Waals surface area contributed by atoms with Gasteiger partial charge in [0.25, 0.3) is 0 Å². The number of hydrogen-bond acceptors (Lipinski definition) is 2. The second-order valence-electron chi connectivity index (χ2n) is 2.70. The summed E-state index contributed by atoms with van der Waals surface area (Å²) in [6.45, 7) is 2.10. The first-order valence-electron chi connectivity index (χ1n) is 4.11. The highest BCUT2D eigenvalue weighted by Crippen LogP contribution is 2.08. The quantitative estimate of drug-likeness (QED) is 0.635. The number of nitrogens with zero attached hydrogens (tertiary/aromatic N) is 2. The molecule has 2 nitrogen and oxygen atoms in total. The van der Waals surface area contributed by atoms with Gasteiger partial charge in [0.2, 0.25) is 0 Å². The fourth-order valence-electron chi connectivity index (χ4n) is 1.20. The normalized spacial score (nSPS) is 10.4. The summed E-state index contributed by atoms with van der Waals surface area (Å²) < 4.78 is 0. The number of fused-ring (bicyclic) bond motifs is 1. The molecule has 2 heterocycles. The van der Waals surface area contributed by atoms with Crippen LogP contribution in [0.3, 0.4) is 0 Å². The molecule has 0 aliphatic rings. The van der Waals surface area contributed by atoms with Crippen LogP contribution in [0.4, 0.5) is 0 Å². The lowest BCUT2D eigenvalue weighted by Gasteiger charge is -1.97. The zero-order valence-electron chi connectivity index (χ0n) is 6.99. The fraction of sp³-hybridized carbons (Fsp3) is 0.200. The molecule has 0 aliphatic heterocycles. The van der Waals surface area contributed by atoms with Crippen LogP contribution in [-0.4, -0.2) is 9.97 Å². The Hall–Kier alpha value is -1.44. The Morgan fingerprint density at radius 1 is 1.17 bits per heavy atom. The van der Waals surface area contributed by atoms with Gasteiger partial charge in [0.1, 0.15) is 0 Å². The van der Waals surface area contributed by atoms with Crippen molar-refractivity contribution in [3.05, 3.63) is 36.2 Å². The second-order valence-corrected chi connectivity index (χ2v) is 2.70. The molecule has 0 saturated carbocycles. The Labute approximate surface area is 71.3 Å². The van der Waals surface area contributed by atoms with E-state index in [1.807, 2.05) is 24.3 Å². The summed E-state index contributed by atoms with van der Waals surface area (Å²) >= 11 is 0. The van der Waals surface area contributed by atoms with E-state index >= 15 is 0 Å². The standard InChI is InChI=1S/C10H10N2/c1-2-8-5-6-9-10(12-8)4-3-7-11-9/h3-7H,2H2,1H3. The van der Waals surface area contributed by atoms with Gasteiger partial charge >= 0.3 is 0 Å². The van der Waals surface area contributed by atoms with Crippen molar-refractivity contribution in [1.82, 2.24) is 9.97 Å². The largest absolute Gasteiger partial charge is 0.255 e. The maximum Gasteiger partial charge on any atom is 0.0889 e. The number of aromatic nitrogens is 2. The van der Waals surface area contributed by atoms with Crippen molar-refractivity contribution < 1.29 is 0 Å². The van der Waals surface area contributed by atoms with Crippen LogP contribution in [0.2, 0.25) is 0 Å². The Balaban J connectivity index is 2.67. The monoisotopic (exact) mass is 158 g/mol. The minimum Gasteiger partial charge on any atom is -0.255 e. The molecular formula is C10H10N2. The van der Waals surface area contributed by atoms with Crippen molar-refractivity contribution in [1.29, 1.82) is 0 Å². The highest BCUT2D eigenvalue weighted by molar-refractivity contribution is 5.73. The van der Waals surface area contributed by atoms with E-state index in [9.17, 15) is 0 Å². The minimum atomic E-state index is 0.967. The van der Waals surface area contributed by atoms with Gasteiger partial charge in [0.05, 0.1) is 11.0 Å². The molecule has 2 aromatic heterocycles. The van der Waals surface area contributed by atoms with E-state index in [4.69, 9.17) is 0 Å². The molecule has 0 unspecified atom stereocenters. The maximum atomic E-state index is 4.43. The van der Waals surface area contributed by atoms with Gasteiger partial charge in [-0.05, 0) is 30.7 Å². The summed E-state index contributed by atoms with van der Waals surface area (Å²) in [6.07, 6.45) is 2.76. The van der Waals surface area contributed by atoms with Gasteiger partial charge in [0, 0.05) is 11.9 Å². The molecule has 0 fully saturated rings. The van der Waals surface area contributed by atoms with Crippen LogP contribution in [0.5, 0.6) is 0 Å². The van der Waals surface area contributed by atoms with Crippen molar-refractivity contribution in [3.8, 4) is 0 Å². The molecule has 12 heavy (non-hydrogen) atoms. The molecule has 0 aliphatic carbocycles. The van der Waals surface area contributed by atoms with Gasteiger partial charge in [-0.3, -0.25) is 9.97 Å². The van der Waals surface area contributed by atoms with Crippen molar-refractivity contribution in [2.45, 2.75) is 13.3 Å². The summed E-state index contributed by atoms with van der Waals surface area (Å²) in [6, 6.07) is 7.94. The third kappa shape index (κ3) is 1.16. The molecule has 0 N–H and O–H groups in total. The summed E-state index contributed by atoms with van der Waals surface area (Å²) in [5, 5.41) is 0. The first-order valence-corrected chi connectivity index (χ1v) is 4.11. The molecule has 0 radical (unpaired) electrons. The third-order valence-electron chi connectivity index (χ3n) is 1.88. The van der Waals surface area contributed by atoms with Crippen LogP contribution >= 0.6 is 0 Å². The van der Waals surface area contributed by atoms with E-state index in [2.05, 4.69) is 16.9 Å². The first kappa shape index (κ1) is 7.22. The zero-order valence-corrected chi connectivity index (χ0v) is 6.99. The zero-order chi connectivity index (χ0) is 8.39. The molecule has 60 valence electrons. The molecule has 2 aromatic rings. The number of aryl methyl sites for hydroxylation is 1. The number of rotatable bonds is 1. The third-order valence-corrected chi connectivity index (χ3v) is 1.88. The van der Waals surface area contributed by atoms with Gasteiger partial charge in [-0.1, -0.05) is 6.92 Å². The minimum absolute atomic E-state index is 0.967. The van der Waals surface area contributed by atoms with Crippen LogP contribution in [0.25, 0.3) is 11.0 Å². The molecular weight excluding hydrogens is 148 g/mol. The first-order chi connectivity index (χ1) is 5.90. The molecule has 0 amide bonds. The lowest BCUT2D eigenvalue weighted by Crippen LogP contribution is -1.88. The van der Waals surface area contributed by atoms with Crippen molar-refractivity contribution in [3.63, 3.8) is 0 Å².